The Balaban J connectivity index is 1.59. The molecular formula is C24H24O4. The predicted molar refractivity (Wildman–Crippen MR) is 108 cm³/mol. The molecule has 0 spiro atoms. The molecule has 1 saturated carbocycles. The number of carbonyl (C=O) groups is 2. The van der Waals surface area contributed by atoms with Crippen molar-refractivity contribution < 1.29 is 19.1 Å². The molecule has 4 nitrogen and oxygen atoms in total. The van der Waals surface area contributed by atoms with Gasteiger partial charge in [-0.1, -0.05) is 45.0 Å². The molecule has 0 atom stereocenters. The highest BCUT2D eigenvalue weighted by atomic mass is 16.5. The van der Waals surface area contributed by atoms with E-state index in [-0.39, 0.29) is 28.8 Å². The second-order valence-corrected chi connectivity index (χ2v) is 8.57. The van der Waals surface area contributed by atoms with E-state index in [1.165, 1.54) is 5.56 Å². The molecule has 1 heterocycles. The van der Waals surface area contributed by atoms with Crippen molar-refractivity contribution in [2.45, 2.75) is 46.0 Å². The molecule has 1 aliphatic carbocycles. The minimum atomic E-state index is -0.206. The number of esters is 1. The van der Waals surface area contributed by atoms with Gasteiger partial charge in [0.2, 0.25) is 5.78 Å². The first-order valence-corrected chi connectivity index (χ1v) is 9.64. The van der Waals surface area contributed by atoms with E-state index in [9.17, 15) is 9.59 Å². The first kappa shape index (κ1) is 18.5. The maximum atomic E-state index is 12.7. The smallest absolute Gasteiger partial charge is 0.314 e. The molecule has 2 aromatic carbocycles. The fraction of sp³-hybridized carbons (Fsp3) is 0.333. The maximum Gasteiger partial charge on any atom is 0.314 e. The van der Waals surface area contributed by atoms with Gasteiger partial charge in [0.15, 0.2) is 5.76 Å². The largest absolute Gasteiger partial charge is 0.452 e. The minimum absolute atomic E-state index is 0.0155. The number of Topliss-reactive ketones (excluding diaryl/α,β-unsaturated/α-hetero) is 1. The third-order valence-corrected chi connectivity index (χ3v) is 5.23. The van der Waals surface area contributed by atoms with Crippen LogP contribution in [0.2, 0.25) is 0 Å². The van der Waals surface area contributed by atoms with Crippen molar-refractivity contribution in [3.8, 4) is 11.5 Å². The highest BCUT2D eigenvalue weighted by Gasteiger charge is 2.34. The van der Waals surface area contributed by atoms with E-state index < -0.39 is 0 Å². The average molecular weight is 376 g/mol. The van der Waals surface area contributed by atoms with E-state index in [1.54, 1.807) is 18.2 Å². The Hall–Kier alpha value is -2.88. The van der Waals surface area contributed by atoms with E-state index >= 15 is 0 Å². The topological polar surface area (TPSA) is 52.6 Å². The number of fused-ring (bicyclic) bond motifs is 1. The SMILES string of the molecule is Cc1c(OC(=O)C2CC2)ccc2c1O/C(=C\c1ccc(C(C)(C)C)cc1)C2=O. The fourth-order valence-electron chi connectivity index (χ4n) is 3.22. The number of benzene rings is 2. The van der Waals surface area contributed by atoms with Gasteiger partial charge in [0.1, 0.15) is 11.5 Å². The van der Waals surface area contributed by atoms with Crippen LogP contribution in [0.25, 0.3) is 6.08 Å². The van der Waals surface area contributed by atoms with Crippen LogP contribution in [-0.2, 0) is 10.2 Å². The van der Waals surface area contributed by atoms with Gasteiger partial charge in [0, 0.05) is 5.56 Å². The summed E-state index contributed by atoms with van der Waals surface area (Å²) in [7, 11) is 0. The van der Waals surface area contributed by atoms with E-state index in [0.717, 1.165) is 18.4 Å². The molecule has 1 aliphatic heterocycles. The number of ether oxygens (including phenoxy) is 2. The molecule has 0 aromatic heterocycles. The lowest BCUT2D eigenvalue weighted by Crippen LogP contribution is -2.10. The van der Waals surface area contributed by atoms with Gasteiger partial charge in [-0.05, 0) is 54.5 Å². The van der Waals surface area contributed by atoms with Crippen LogP contribution in [0.4, 0.5) is 0 Å². The Bertz CT molecular complexity index is 987. The van der Waals surface area contributed by atoms with Crippen molar-refractivity contribution >= 4 is 17.8 Å². The summed E-state index contributed by atoms with van der Waals surface area (Å²) in [5.74, 6) is 0.872. The van der Waals surface area contributed by atoms with Crippen LogP contribution in [0.5, 0.6) is 11.5 Å². The monoisotopic (exact) mass is 376 g/mol. The summed E-state index contributed by atoms with van der Waals surface area (Å²) < 4.78 is 11.3. The number of hydrogen-bond donors (Lipinski definition) is 0. The Kier molecular flexibility index (Phi) is 4.37. The van der Waals surface area contributed by atoms with Gasteiger partial charge in [0.05, 0.1) is 11.5 Å². The Morgan fingerprint density at radius 2 is 1.79 bits per heavy atom. The molecular weight excluding hydrogens is 352 g/mol. The zero-order chi connectivity index (χ0) is 20.1. The number of carbonyl (C=O) groups excluding carboxylic acids is 2. The Morgan fingerprint density at radius 3 is 2.39 bits per heavy atom. The van der Waals surface area contributed by atoms with E-state index in [4.69, 9.17) is 9.47 Å². The summed E-state index contributed by atoms with van der Waals surface area (Å²) in [6.07, 6.45) is 3.53. The highest BCUT2D eigenvalue weighted by Crippen LogP contribution is 2.40. The van der Waals surface area contributed by atoms with Gasteiger partial charge in [-0.15, -0.1) is 0 Å². The zero-order valence-corrected chi connectivity index (χ0v) is 16.7. The zero-order valence-electron chi connectivity index (χ0n) is 16.7. The average Bonchev–Trinajstić information content (AvgIpc) is 3.44. The molecule has 144 valence electrons. The third-order valence-electron chi connectivity index (χ3n) is 5.23. The summed E-state index contributed by atoms with van der Waals surface area (Å²) >= 11 is 0. The van der Waals surface area contributed by atoms with Crippen LogP contribution in [-0.4, -0.2) is 11.8 Å². The molecule has 0 amide bonds. The molecule has 1 fully saturated rings. The van der Waals surface area contributed by atoms with Gasteiger partial charge >= 0.3 is 5.97 Å². The molecule has 0 N–H and O–H groups in total. The standard InChI is InChI=1S/C24H24O4/c1-14-19(28-23(26)16-7-8-16)12-11-18-21(25)20(27-22(14)18)13-15-5-9-17(10-6-15)24(2,3)4/h5-6,9-13,16H,7-8H2,1-4H3/b20-13-. The molecule has 4 heteroatoms. The molecule has 0 unspecified atom stereocenters. The van der Waals surface area contributed by atoms with Crippen molar-refractivity contribution in [3.05, 3.63) is 64.4 Å². The number of allylic oxidation sites excluding steroid dienone is 1. The van der Waals surface area contributed by atoms with Crippen LogP contribution in [0.3, 0.4) is 0 Å². The summed E-state index contributed by atoms with van der Waals surface area (Å²) in [6, 6.07) is 11.5. The van der Waals surface area contributed by atoms with Crippen LogP contribution < -0.4 is 9.47 Å². The molecule has 0 saturated heterocycles. The van der Waals surface area contributed by atoms with Crippen LogP contribution in [0, 0.1) is 12.8 Å². The second-order valence-electron chi connectivity index (χ2n) is 8.57. The van der Waals surface area contributed by atoms with Gasteiger partial charge in [-0.3, -0.25) is 9.59 Å². The van der Waals surface area contributed by atoms with E-state index in [2.05, 4.69) is 32.9 Å². The molecule has 2 aromatic rings. The molecule has 0 radical (unpaired) electrons. The fourth-order valence-corrected chi connectivity index (χ4v) is 3.22. The normalized spacial score (nSPS) is 17.4. The van der Waals surface area contributed by atoms with Gasteiger partial charge in [-0.2, -0.15) is 0 Å². The van der Waals surface area contributed by atoms with Crippen LogP contribution in [0.15, 0.2) is 42.2 Å². The van der Waals surface area contributed by atoms with Crippen LogP contribution in [0.1, 0.15) is 60.7 Å². The number of hydrogen-bond acceptors (Lipinski definition) is 4. The number of rotatable bonds is 3. The van der Waals surface area contributed by atoms with Crippen molar-refractivity contribution in [1.29, 1.82) is 0 Å². The minimum Gasteiger partial charge on any atom is -0.452 e. The Labute approximate surface area is 165 Å². The lowest BCUT2D eigenvalue weighted by molar-refractivity contribution is -0.135. The van der Waals surface area contributed by atoms with Crippen molar-refractivity contribution in [2.75, 3.05) is 0 Å². The Morgan fingerprint density at radius 1 is 1.11 bits per heavy atom. The predicted octanol–water partition coefficient (Wildman–Crippen LogP) is 5.22. The van der Waals surface area contributed by atoms with E-state index in [1.807, 2.05) is 19.1 Å². The van der Waals surface area contributed by atoms with Crippen molar-refractivity contribution in [1.82, 2.24) is 0 Å². The first-order chi connectivity index (χ1) is 13.2. The molecule has 4 rings (SSSR count). The maximum absolute atomic E-state index is 12.7. The summed E-state index contributed by atoms with van der Waals surface area (Å²) in [4.78, 5) is 24.7. The van der Waals surface area contributed by atoms with Gasteiger partial charge in [0.25, 0.3) is 0 Å². The van der Waals surface area contributed by atoms with E-state index in [0.29, 0.717) is 22.6 Å². The summed E-state index contributed by atoms with van der Waals surface area (Å²) in [5.41, 5.74) is 3.39. The van der Waals surface area contributed by atoms with Crippen molar-refractivity contribution in [3.63, 3.8) is 0 Å². The quantitative estimate of drug-likeness (QED) is 0.418. The third kappa shape index (κ3) is 3.47. The van der Waals surface area contributed by atoms with Crippen molar-refractivity contribution in [2.24, 2.45) is 5.92 Å². The first-order valence-electron chi connectivity index (χ1n) is 9.64. The van der Waals surface area contributed by atoms with Gasteiger partial charge < -0.3 is 9.47 Å². The number of ketones is 1. The molecule has 28 heavy (non-hydrogen) atoms. The summed E-state index contributed by atoms with van der Waals surface area (Å²) in [6.45, 7) is 8.30. The molecule has 2 aliphatic rings. The lowest BCUT2D eigenvalue weighted by atomic mass is 9.86. The van der Waals surface area contributed by atoms with Gasteiger partial charge in [-0.25, -0.2) is 0 Å². The summed E-state index contributed by atoms with van der Waals surface area (Å²) in [5, 5.41) is 0. The lowest BCUT2D eigenvalue weighted by Gasteiger charge is -2.18. The van der Waals surface area contributed by atoms with Crippen LogP contribution >= 0.6 is 0 Å². The second kappa shape index (κ2) is 6.62. The highest BCUT2D eigenvalue weighted by molar-refractivity contribution is 6.15. The molecule has 0 bridgehead atoms.